The number of carbonyl (C=O) groups is 1. The van der Waals surface area contributed by atoms with Crippen molar-refractivity contribution >= 4 is 18.3 Å². The van der Waals surface area contributed by atoms with Crippen molar-refractivity contribution in [3.63, 3.8) is 0 Å². The van der Waals surface area contributed by atoms with E-state index in [9.17, 15) is 4.79 Å². The lowest BCUT2D eigenvalue weighted by molar-refractivity contribution is -0.133. The molecule has 1 saturated heterocycles. The van der Waals surface area contributed by atoms with E-state index in [0.717, 1.165) is 25.9 Å². The van der Waals surface area contributed by atoms with E-state index in [1.54, 1.807) is 0 Å². The highest BCUT2D eigenvalue weighted by molar-refractivity contribution is 5.85. The third-order valence-corrected chi connectivity index (χ3v) is 5.53. The summed E-state index contributed by atoms with van der Waals surface area (Å²) in [6, 6.07) is 21.2. The number of nitrogens with zero attached hydrogens (tertiary/aromatic N) is 2. The van der Waals surface area contributed by atoms with Crippen LogP contribution in [0, 0.1) is 0 Å². The minimum atomic E-state index is 0. The second-order valence-corrected chi connectivity index (χ2v) is 7.61. The minimum absolute atomic E-state index is 0. The van der Waals surface area contributed by atoms with E-state index in [2.05, 4.69) is 46.2 Å². The van der Waals surface area contributed by atoms with Crippen LogP contribution in [0.15, 0.2) is 60.7 Å². The maximum Gasteiger partial charge on any atom is 0.237 e. The van der Waals surface area contributed by atoms with Gasteiger partial charge in [-0.15, -0.1) is 12.4 Å². The number of nitrogens with two attached hydrogens (primary N) is 1. The quantitative estimate of drug-likeness (QED) is 0.831. The first-order valence-corrected chi connectivity index (χ1v) is 9.57. The molecular weight excluding hydrogens is 358 g/mol. The zero-order valence-electron chi connectivity index (χ0n) is 15.5. The number of likely N-dealkylation sites (tertiary alicyclic amines) is 1. The smallest absolute Gasteiger partial charge is 0.237 e. The van der Waals surface area contributed by atoms with E-state index < -0.39 is 0 Å². The fourth-order valence-corrected chi connectivity index (χ4v) is 3.96. The molecule has 1 aliphatic carbocycles. The van der Waals surface area contributed by atoms with Crippen LogP contribution < -0.4 is 5.73 Å². The fourth-order valence-electron chi connectivity index (χ4n) is 3.96. The minimum Gasteiger partial charge on any atom is -0.334 e. The van der Waals surface area contributed by atoms with E-state index in [-0.39, 0.29) is 24.4 Å². The van der Waals surface area contributed by atoms with Gasteiger partial charge < -0.3 is 10.6 Å². The molecule has 0 spiro atoms. The van der Waals surface area contributed by atoms with Crippen LogP contribution in [-0.2, 0) is 11.3 Å². The van der Waals surface area contributed by atoms with Crippen molar-refractivity contribution in [2.24, 2.45) is 5.73 Å². The Labute approximate surface area is 167 Å². The van der Waals surface area contributed by atoms with Gasteiger partial charge in [0.25, 0.3) is 0 Å². The molecule has 4 rings (SSSR count). The molecule has 2 atom stereocenters. The molecule has 2 aromatic carbocycles. The molecule has 1 saturated carbocycles. The van der Waals surface area contributed by atoms with Gasteiger partial charge in [0.05, 0.1) is 6.54 Å². The van der Waals surface area contributed by atoms with Gasteiger partial charge in [0, 0.05) is 37.6 Å². The Hall–Kier alpha value is -1.88. The van der Waals surface area contributed by atoms with Gasteiger partial charge in [-0.2, -0.15) is 0 Å². The summed E-state index contributed by atoms with van der Waals surface area (Å²) < 4.78 is 0. The Bertz CT molecular complexity index is 736. The van der Waals surface area contributed by atoms with Crippen LogP contribution in [0.25, 0.3) is 0 Å². The van der Waals surface area contributed by atoms with Crippen molar-refractivity contribution in [2.45, 2.75) is 37.4 Å². The molecule has 2 aliphatic rings. The average Bonchev–Trinajstić information content (AvgIpc) is 3.44. The first-order valence-electron chi connectivity index (χ1n) is 9.57. The van der Waals surface area contributed by atoms with Crippen LogP contribution in [0.3, 0.4) is 0 Å². The van der Waals surface area contributed by atoms with Crippen molar-refractivity contribution < 1.29 is 4.79 Å². The molecule has 2 aromatic rings. The summed E-state index contributed by atoms with van der Waals surface area (Å²) in [4.78, 5) is 17.3. The fraction of sp³-hybridized carbons (Fsp3) is 0.409. The normalized spacial score (nSPS) is 22.3. The van der Waals surface area contributed by atoms with Crippen molar-refractivity contribution in [1.29, 1.82) is 0 Å². The topological polar surface area (TPSA) is 49.6 Å². The maximum atomic E-state index is 13.0. The van der Waals surface area contributed by atoms with Gasteiger partial charge in [0.1, 0.15) is 0 Å². The zero-order valence-corrected chi connectivity index (χ0v) is 16.4. The van der Waals surface area contributed by atoms with Gasteiger partial charge in [-0.25, -0.2) is 0 Å². The Morgan fingerprint density at radius 2 is 1.63 bits per heavy atom. The summed E-state index contributed by atoms with van der Waals surface area (Å²) in [7, 11) is 0. The predicted molar refractivity (Wildman–Crippen MR) is 111 cm³/mol. The number of halogens is 1. The molecule has 0 unspecified atom stereocenters. The zero-order chi connectivity index (χ0) is 17.9. The third kappa shape index (κ3) is 4.89. The van der Waals surface area contributed by atoms with Crippen LogP contribution in [0.1, 0.15) is 29.9 Å². The molecule has 2 N–H and O–H groups in total. The Balaban J connectivity index is 0.00000210. The van der Waals surface area contributed by atoms with E-state index in [1.807, 2.05) is 24.3 Å². The molecule has 1 aliphatic heterocycles. The highest BCUT2D eigenvalue weighted by Crippen LogP contribution is 2.30. The van der Waals surface area contributed by atoms with Crippen molar-refractivity contribution in [2.75, 3.05) is 19.6 Å². The molecule has 27 heavy (non-hydrogen) atoms. The van der Waals surface area contributed by atoms with Crippen LogP contribution in [0.5, 0.6) is 0 Å². The van der Waals surface area contributed by atoms with Gasteiger partial charge >= 0.3 is 0 Å². The number of benzene rings is 2. The van der Waals surface area contributed by atoms with Crippen molar-refractivity contribution in [3.05, 3.63) is 71.8 Å². The summed E-state index contributed by atoms with van der Waals surface area (Å²) in [5.74, 6) is 0.546. The van der Waals surface area contributed by atoms with Gasteiger partial charge in [-0.1, -0.05) is 60.7 Å². The monoisotopic (exact) mass is 385 g/mol. The lowest BCUT2D eigenvalue weighted by Crippen LogP contribution is -2.41. The van der Waals surface area contributed by atoms with Gasteiger partial charge in [-0.05, 0) is 24.0 Å². The molecule has 2 fully saturated rings. The number of amides is 1. The Morgan fingerprint density at radius 3 is 2.26 bits per heavy atom. The first kappa shape index (κ1) is 19.9. The molecule has 0 aromatic heterocycles. The van der Waals surface area contributed by atoms with E-state index in [0.29, 0.717) is 25.0 Å². The van der Waals surface area contributed by atoms with Crippen LogP contribution in [0.2, 0.25) is 0 Å². The summed E-state index contributed by atoms with van der Waals surface area (Å²) in [6.07, 6.45) is 2.26. The molecule has 5 heteroatoms. The van der Waals surface area contributed by atoms with Crippen molar-refractivity contribution in [1.82, 2.24) is 9.80 Å². The van der Waals surface area contributed by atoms with Gasteiger partial charge in [0.15, 0.2) is 0 Å². The molecule has 0 bridgehead atoms. The predicted octanol–water partition coefficient (Wildman–Crippen LogP) is 3.03. The molecule has 4 nitrogen and oxygen atoms in total. The highest BCUT2D eigenvalue weighted by atomic mass is 35.5. The second kappa shape index (κ2) is 8.87. The molecule has 0 radical (unpaired) electrons. The molecular formula is C22H28ClN3O. The van der Waals surface area contributed by atoms with Crippen molar-refractivity contribution in [3.8, 4) is 0 Å². The summed E-state index contributed by atoms with van der Waals surface area (Å²) in [5.41, 5.74) is 8.86. The molecule has 1 heterocycles. The number of rotatable bonds is 6. The van der Waals surface area contributed by atoms with E-state index >= 15 is 0 Å². The summed E-state index contributed by atoms with van der Waals surface area (Å²) in [6.45, 7) is 2.84. The van der Waals surface area contributed by atoms with Gasteiger partial charge in [-0.3, -0.25) is 9.69 Å². The first-order chi connectivity index (χ1) is 12.7. The Kier molecular flexibility index (Phi) is 6.53. The lowest BCUT2D eigenvalue weighted by Gasteiger charge is -2.25. The van der Waals surface area contributed by atoms with Crippen LogP contribution >= 0.6 is 12.4 Å². The van der Waals surface area contributed by atoms with E-state index in [4.69, 9.17) is 5.73 Å². The Morgan fingerprint density at radius 1 is 1.00 bits per heavy atom. The largest absolute Gasteiger partial charge is 0.334 e. The van der Waals surface area contributed by atoms with E-state index in [1.165, 1.54) is 11.1 Å². The molecule has 144 valence electrons. The van der Waals surface area contributed by atoms with Gasteiger partial charge in [0.2, 0.25) is 5.91 Å². The second-order valence-electron chi connectivity index (χ2n) is 7.61. The SMILES string of the molecule is Cl.N[C@@H]1CN(CC(=O)N(Cc2ccccc2)C2CC2)C[C@H]1c1ccccc1. The summed E-state index contributed by atoms with van der Waals surface area (Å²) in [5, 5.41) is 0. The lowest BCUT2D eigenvalue weighted by atomic mass is 9.95. The number of hydrogen-bond acceptors (Lipinski definition) is 3. The number of hydrogen-bond donors (Lipinski definition) is 1. The van der Waals surface area contributed by atoms with Crippen LogP contribution in [-0.4, -0.2) is 47.4 Å². The molecule has 1 amide bonds. The summed E-state index contributed by atoms with van der Waals surface area (Å²) >= 11 is 0. The van der Waals surface area contributed by atoms with Crippen LogP contribution in [0.4, 0.5) is 0 Å². The average molecular weight is 386 g/mol. The third-order valence-electron chi connectivity index (χ3n) is 5.53. The maximum absolute atomic E-state index is 13.0. The highest BCUT2D eigenvalue weighted by Gasteiger charge is 2.36. The number of carbonyl (C=O) groups excluding carboxylic acids is 1. The standard InChI is InChI=1S/C22H27N3O.ClH/c23-21-15-24(14-20(21)18-9-5-2-6-10-18)16-22(26)25(19-11-12-19)13-17-7-3-1-4-8-17;/h1-10,19-21H,11-16,23H2;1H/t20-,21+;/m0./s1.